The number of aromatic nitrogens is 1. The Balaban J connectivity index is 2.64. The first kappa shape index (κ1) is 17.8. The van der Waals surface area contributed by atoms with Crippen molar-refractivity contribution in [1.82, 2.24) is 4.57 Å². The molecule has 0 unspecified atom stereocenters. The van der Waals surface area contributed by atoms with Gasteiger partial charge in [-0.25, -0.2) is 4.99 Å². The monoisotopic (exact) mass is 335 g/mol. The van der Waals surface area contributed by atoms with Crippen LogP contribution >= 0.6 is 0 Å². The molecule has 2 rings (SSSR count). The number of methoxy groups -OCH3 is 2. The van der Waals surface area contributed by atoms with Gasteiger partial charge in [-0.2, -0.15) is 5.26 Å². The van der Waals surface area contributed by atoms with Crippen LogP contribution in [-0.2, 0) is 11.3 Å². The minimum atomic E-state index is -0.463. The molecule has 0 aliphatic rings. The SMILES string of the molecule is C#CCn1c(C(=Nc2ccc(OC)cc2)OC)cc(C)c(C#N)c1=O. The number of aliphatic imine (C=N–C) groups is 1. The lowest BCUT2D eigenvalue weighted by molar-refractivity contribution is 0.400. The van der Waals surface area contributed by atoms with Crippen molar-refractivity contribution in [3.63, 3.8) is 0 Å². The Hall–Kier alpha value is -3.51. The smallest absolute Gasteiger partial charge is 0.270 e. The molecule has 2 aromatic rings. The van der Waals surface area contributed by atoms with Crippen molar-refractivity contribution < 1.29 is 9.47 Å². The second-order valence-corrected chi connectivity index (χ2v) is 5.11. The predicted octanol–water partition coefficient (Wildman–Crippen LogP) is 2.39. The third kappa shape index (κ3) is 3.70. The summed E-state index contributed by atoms with van der Waals surface area (Å²) in [6.45, 7) is 1.69. The van der Waals surface area contributed by atoms with Crippen molar-refractivity contribution in [2.45, 2.75) is 13.5 Å². The molecule has 0 atom stereocenters. The van der Waals surface area contributed by atoms with Gasteiger partial charge in [0.05, 0.1) is 26.5 Å². The molecule has 25 heavy (non-hydrogen) atoms. The number of nitrogens with zero attached hydrogens (tertiary/aromatic N) is 3. The maximum atomic E-state index is 12.5. The molecule has 6 nitrogen and oxygen atoms in total. The zero-order valence-corrected chi connectivity index (χ0v) is 14.2. The van der Waals surface area contributed by atoms with E-state index in [1.165, 1.54) is 11.7 Å². The molecule has 0 amide bonds. The molecule has 0 fully saturated rings. The van der Waals surface area contributed by atoms with Crippen LogP contribution in [0.3, 0.4) is 0 Å². The second-order valence-electron chi connectivity index (χ2n) is 5.11. The third-order valence-electron chi connectivity index (χ3n) is 3.57. The van der Waals surface area contributed by atoms with Crippen molar-refractivity contribution in [3.05, 3.63) is 57.5 Å². The first-order valence-electron chi connectivity index (χ1n) is 7.40. The van der Waals surface area contributed by atoms with Crippen molar-refractivity contribution in [3.8, 4) is 24.2 Å². The van der Waals surface area contributed by atoms with Crippen LogP contribution < -0.4 is 10.3 Å². The van der Waals surface area contributed by atoms with Crippen molar-refractivity contribution in [2.75, 3.05) is 14.2 Å². The zero-order chi connectivity index (χ0) is 18.4. The summed E-state index contributed by atoms with van der Waals surface area (Å²) in [5, 5.41) is 9.17. The van der Waals surface area contributed by atoms with Crippen molar-refractivity contribution in [1.29, 1.82) is 5.26 Å². The topological polar surface area (TPSA) is 76.6 Å². The summed E-state index contributed by atoms with van der Waals surface area (Å²) in [6, 6.07) is 10.6. The first-order chi connectivity index (χ1) is 12.0. The lowest BCUT2D eigenvalue weighted by Gasteiger charge is -2.14. The third-order valence-corrected chi connectivity index (χ3v) is 3.57. The minimum absolute atomic E-state index is 0.00805. The molecule has 0 saturated heterocycles. The molecule has 0 radical (unpaired) electrons. The summed E-state index contributed by atoms with van der Waals surface area (Å²) in [6.07, 6.45) is 5.37. The summed E-state index contributed by atoms with van der Waals surface area (Å²) >= 11 is 0. The molecule has 0 aliphatic carbocycles. The summed E-state index contributed by atoms with van der Waals surface area (Å²) in [4.78, 5) is 16.9. The van der Waals surface area contributed by atoms with E-state index in [0.29, 0.717) is 22.7 Å². The fourth-order valence-corrected chi connectivity index (χ4v) is 2.31. The van der Waals surface area contributed by atoms with Gasteiger partial charge < -0.3 is 9.47 Å². The lowest BCUT2D eigenvalue weighted by atomic mass is 10.1. The van der Waals surface area contributed by atoms with E-state index in [9.17, 15) is 10.1 Å². The molecular formula is C19H17N3O3. The predicted molar refractivity (Wildman–Crippen MR) is 95.2 cm³/mol. The molecular weight excluding hydrogens is 318 g/mol. The second kappa shape index (κ2) is 7.85. The van der Waals surface area contributed by atoms with Crippen LogP contribution in [0.5, 0.6) is 5.75 Å². The van der Waals surface area contributed by atoms with Gasteiger partial charge in [0.25, 0.3) is 5.56 Å². The van der Waals surface area contributed by atoms with E-state index in [-0.39, 0.29) is 18.0 Å². The van der Waals surface area contributed by atoms with Gasteiger partial charge in [0.15, 0.2) is 0 Å². The van der Waals surface area contributed by atoms with Gasteiger partial charge in [0, 0.05) is 0 Å². The number of terminal acetylenes is 1. The molecule has 0 N–H and O–H groups in total. The lowest BCUT2D eigenvalue weighted by Crippen LogP contribution is -2.29. The van der Waals surface area contributed by atoms with Gasteiger partial charge in [0.2, 0.25) is 5.90 Å². The normalized spacial score (nSPS) is 10.7. The van der Waals surface area contributed by atoms with E-state index in [1.54, 1.807) is 44.4 Å². The van der Waals surface area contributed by atoms with Gasteiger partial charge in [-0.05, 0) is 42.8 Å². The number of pyridine rings is 1. The molecule has 126 valence electrons. The number of ether oxygens (including phenoxy) is 2. The summed E-state index contributed by atoms with van der Waals surface area (Å²) < 4.78 is 11.8. The van der Waals surface area contributed by atoms with E-state index in [4.69, 9.17) is 15.9 Å². The highest BCUT2D eigenvalue weighted by Gasteiger charge is 2.16. The molecule has 1 heterocycles. The Morgan fingerprint density at radius 1 is 1.32 bits per heavy atom. The molecule has 6 heteroatoms. The van der Waals surface area contributed by atoms with E-state index in [2.05, 4.69) is 10.9 Å². The Labute approximate surface area is 146 Å². The summed E-state index contributed by atoms with van der Waals surface area (Å²) in [7, 11) is 3.04. The highest BCUT2D eigenvalue weighted by Crippen LogP contribution is 2.19. The Kier molecular flexibility index (Phi) is 5.60. The van der Waals surface area contributed by atoms with Crippen LogP contribution in [0.25, 0.3) is 0 Å². The molecule has 0 bridgehead atoms. The summed E-state index contributed by atoms with van der Waals surface area (Å²) in [5.41, 5.74) is 1.17. The maximum Gasteiger partial charge on any atom is 0.270 e. The zero-order valence-electron chi connectivity index (χ0n) is 14.2. The highest BCUT2D eigenvalue weighted by molar-refractivity contribution is 5.94. The molecule has 0 aliphatic heterocycles. The van der Waals surface area contributed by atoms with Crippen molar-refractivity contribution >= 4 is 11.6 Å². The number of rotatable bonds is 4. The van der Waals surface area contributed by atoms with E-state index < -0.39 is 5.56 Å². The number of hydrogen-bond acceptors (Lipinski definition) is 5. The van der Waals surface area contributed by atoms with Gasteiger partial charge in [-0.15, -0.1) is 6.42 Å². The average Bonchev–Trinajstić information content (AvgIpc) is 2.63. The highest BCUT2D eigenvalue weighted by atomic mass is 16.5. The van der Waals surface area contributed by atoms with Gasteiger partial charge >= 0.3 is 0 Å². The van der Waals surface area contributed by atoms with Crippen molar-refractivity contribution in [2.24, 2.45) is 4.99 Å². The Morgan fingerprint density at radius 2 is 2.00 bits per heavy atom. The first-order valence-corrected chi connectivity index (χ1v) is 7.40. The van der Waals surface area contributed by atoms with E-state index in [0.717, 1.165) is 0 Å². The maximum absolute atomic E-state index is 12.5. The minimum Gasteiger partial charge on any atom is -0.497 e. The van der Waals surface area contributed by atoms with Crippen LogP contribution in [0.2, 0.25) is 0 Å². The quantitative estimate of drug-likeness (QED) is 0.488. The fraction of sp³-hybridized carbons (Fsp3) is 0.211. The van der Waals surface area contributed by atoms with Crippen LogP contribution in [0.15, 0.2) is 40.1 Å². The number of aryl methyl sites for hydroxylation is 1. The van der Waals surface area contributed by atoms with Gasteiger partial charge in [-0.3, -0.25) is 9.36 Å². The van der Waals surface area contributed by atoms with E-state index >= 15 is 0 Å². The number of benzene rings is 1. The van der Waals surface area contributed by atoms with Crippen LogP contribution in [0, 0.1) is 30.6 Å². The standard InChI is InChI=1S/C19H17N3O3/c1-5-10-22-17(11-13(2)16(12-20)19(22)23)18(25-4)21-14-6-8-15(24-3)9-7-14/h1,6-9,11H,10H2,2-4H3. The van der Waals surface area contributed by atoms with Gasteiger partial charge in [0.1, 0.15) is 23.1 Å². The number of hydrogen-bond donors (Lipinski definition) is 0. The Morgan fingerprint density at radius 3 is 2.52 bits per heavy atom. The molecule has 1 aromatic carbocycles. The largest absolute Gasteiger partial charge is 0.497 e. The number of nitriles is 1. The summed E-state index contributed by atoms with van der Waals surface area (Å²) in [5.74, 6) is 3.35. The molecule has 0 spiro atoms. The average molecular weight is 335 g/mol. The Bertz CT molecular complexity index is 942. The molecule has 1 aromatic heterocycles. The van der Waals surface area contributed by atoms with Gasteiger partial charge in [-0.1, -0.05) is 5.92 Å². The van der Waals surface area contributed by atoms with Crippen LogP contribution in [-0.4, -0.2) is 24.7 Å². The van der Waals surface area contributed by atoms with Crippen LogP contribution in [0.4, 0.5) is 5.69 Å². The van der Waals surface area contributed by atoms with Crippen LogP contribution in [0.1, 0.15) is 16.8 Å². The van der Waals surface area contributed by atoms with E-state index in [1.807, 2.05) is 6.07 Å². The fourth-order valence-electron chi connectivity index (χ4n) is 2.31. The molecule has 0 saturated carbocycles.